The number of nitrogens with two attached hydrogens (primary N) is 1. The van der Waals surface area contributed by atoms with Gasteiger partial charge in [-0.1, -0.05) is 12.2 Å². The van der Waals surface area contributed by atoms with Crippen LogP contribution >= 0.6 is 28.1 Å². The highest BCUT2D eigenvalue weighted by Crippen LogP contribution is 2.35. The van der Waals surface area contributed by atoms with Gasteiger partial charge >= 0.3 is 0 Å². The van der Waals surface area contributed by atoms with Gasteiger partial charge < -0.3 is 20.5 Å². The van der Waals surface area contributed by atoms with Gasteiger partial charge in [0.25, 0.3) is 0 Å². The maximum Gasteiger partial charge on any atom is 0.231 e. The molecule has 3 rings (SSSR count). The van der Waals surface area contributed by atoms with Gasteiger partial charge in [0, 0.05) is 27.5 Å². The van der Waals surface area contributed by atoms with E-state index < -0.39 is 0 Å². The Bertz CT molecular complexity index is 691. The molecule has 0 aliphatic carbocycles. The van der Waals surface area contributed by atoms with Crippen LogP contribution in [0.15, 0.2) is 40.9 Å². The number of halogens is 1. The van der Waals surface area contributed by atoms with Gasteiger partial charge in [0.1, 0.15) is 4.99 Å². The van der Waals surface area contributed by atoms with Gasteiger partial charge in [0.05, 0.1) is 0 Å². The highest BCUT2D eigenvalue weighted by molar-refractivity contribution is 9.10. The summed E-state index contributed by atoms with van der Waals surface area (Å²) in [5, 5.41) is 3.29. The number of fused-ring (bicyclic) bond motifs is 1. The van der Waals surface area contributed by atoms with Gasteiger partial charge in [0.2, 0.25) is 6.79 Å². The molecule has 0 radical (unpaired) electrons. The molecule has 2 aromatic carbocycles. The quantitative estimate of drug-likeness (QED) is 0.829. The number of nitrogens with one attached hydrogen (secondary N) is 1. The number of hydrogen-bond acceptors (Lipinski definition) is 4. The van der Waals surface area contributed by atoms with E-state index in [1.54, 1.807) is 0 Å². The molecule has 20 heavy (non-hydrogen) atoms. The van der Waals surface area contributed by atoms with Crippen molar-refractivity contribution in [3.05, 3.63) is 46.4 Å². The predicted octanol–water partition coefficient (Wildman–Crippen LogP) is 3.56. The summed E-state index contributed by atoms with van der Waals surface area (Å²) in [5.74, 6) is 1.51. The molecule has 1 aliphatic heterocycles. The smallest absolute Gasteiger partial charge is 0.231 e. The summed E-state index contributed by atoms with van der Waals surface area (Å²) >= 11 is 8.43. The lowest BCUT2D eigenvalue weighted by atomic mass is 10.2. The molecule has 0 aromatic heterocycles. The Kier molecular flexibility index (Phi) is 3.50. The molecular formula is C14H11BrN2O2S. The zero-order valence-electron chi connectivity index (χ0n) is 10.4. The summed E-state index contributed by atoms with van der Waals surface area (Å²) in [7, 11) is 0. The van der Waals surface area contributed by atoms with Crippen LogP contribution in [0.4, 0.5) is 11.4 Å². The van der Waals surface area contributed by atoms with Crippen molar-refractivity contribution in [1.82, 2.24) is 0 Å². The van der Waals surface area contributed by atoms with Gasteiger partial charge in [0.15, 0.2) is 11.5 Å². The molecule has 0 unspecified atom stereocenters. The van der Waals surface area contributed by atoms with Crippen LogP contribution < -0.4 is 20.5 Å². The van der Waals surface area contributed by atoms with E-state index in [1.807, 2.05) is 36.4 Å². The lowest BCUT2D eigenvalue weighted by Gasteiger charge is -2.09. The molecule has 0 bridgehead atoms. The van der Waals surface area contributed by atoms with Crippen LogP contribution in [0, 0.1) is 0 Å². The van der Waals surface area contributed by atoms with Crippen molar-refractivity contribution in [3.8, 4) is 11.5 Å². The number of ether oxygens (including phenoxy) is 2. The summed E-state index contributed by atoms with van der Waals surface area (Å²) in [5.41, 5.74) is 8.29. The molecule has 0 amide bonds. The fraction of sp³-hybridized carbons (Fsp3) is 0.0714. The van der Waals surface area contributed by atoms with Gasteiger partial charge in [-0.05, 0) is 46.3 Å². The normalized spacial score (nSPS) is 12.2. The fourth-order valence-corrected chi connectivity index (χ4v) is 2.84. The molecular weight excluding hydrogens is 340 g/mol. The minimum atomic E-state index is 0.271. The Balaban J connectivity index is 1.84. The number of benzene rings is 2. The molecule has 0 saturated heterocycles. The third-order valence-corrected chi connectivity index (χ3v) is 3.77. The average molecular weight is 351 g/mol. The monoisotopic (exact) mass is 350 g/mol. The second-order valence-corrected chi connectivity index (χ2v) is 5.55. The number of thiocarbonyl (C=S) groups is 1. The molecule has 4 nitrogen and oxygen atoms in total. The molecule has 0 fully saturated rings. The second-order valence-electron chi connectivity index (χ2n) is 4.25. The van der Waals surface area contributed by atoms with E-state index in [9.17, 15) is 0 Å². The van der Waals surface area contributed by atoms with Crippen LogP contribution in [0.25, 0.3) is 0 Å². The van der Waals surface area contributed by atoms with Crippen molar-refractivity contribution in [2.75, 3.05) is 12.1 Å². The first-order chi connectivity index (χ1) is 9.63. The summed E-state index contributed by atoms with van der Waals surface area (Å²) in [6, 6.07) is 11.4. The van der Waals surface area contributed by atoms with E-state index in [4.69, 9.17) is 27.4 Å². The van der Waals surface area contributed by atoms with E-state index in [1.165, 1.54) is 0 Å². The largest absolute Gasteiger partial charge is 0.454 e. The van der Waals surface area contributed by atoms with Gasteiger partial charge in [-0.3, -0.25) is 0 Å². The zero-order chi connectivity index (χ0) is 14.1. The van der Waals surface area contributed by atoms with Gasteiger partial charge in [-0.2, -0.15) is 0 Å². The Hall–Kier alpha value is -1.79. The summed E-state index contributed by atoms with van der Waals surface area (Å²) < 4.78 is 11.5. The average Bonchev–Trinajstić information content (AvgIpc) is 2.85. The van der Waals surface area contributed by atoms with Crippen molar-refractivity contribution >= 4 is 44.5 Å². The second kappa shape index (κ2) is 5.30. The number of anilines is 2. The molecule has 0 spiro atoms. The number of hydrogen-bond donors (Lipinski definition) is 2. The molecule has 2 aromatic rings. The highest BCUT2D eigenvalue weighted by atomic mass is 79.9. The molecule has 102 valence electrons. The minimum absolute atomic E-state index is 0.271. The third kappa shape index (κ3) is 2.57. The van der Waals surface area contributed by atoms with Crippen LogP contribution in [0.1, 0.15) is 5.56 Å². The van der Waals surface area contributed by atoms with E-state index in [-0.39, 0.29) is 6.79 Å². The van der Waals surface area contributed by atoms with Crippen LogP contribution in [0.3, 0.4) is 0 Å². The Morgan fingerprint density at radius 1 is 1.10 bits per heavy atom. The van der Waals surface area contributed by atoms with Crippen molar-refractivity contribution in [2.24, 2.45) is 5.73 Å². The standard InChI is InChI=1S/C14H11BrN2O2S/c15-11-5-8(1-3-10(11)14(16)20)17-9-2-4-12-13(6-9)19-7-18-12/h1-6,17H,7H2,(H2,16,20). The molecule has 6 heteroatoms. The van der Waals surface area contributed by atoms with Crippen LogP contribution in [-0.4, -0.2) is 11.8 Å². The van der Waals surface area contributed by atoms with Gasteiger partial charge in [-0.15, -0.1) is 0 Å². The maximum absolute atomic E-state index is 5.63. The lowest BCUT2D eigenvalue weighted by molar-refractivity contribution is 0.174. The van der Waals surface area contributed by atoms with Gasteiger partial charge in [-0.25, -0.2) is 0 Å². The molecule has 0 saturated carbocycles. The van der Waals surface area contributed by atoms with E-state index in [2.05, 4.69) is 21.2 Å². The molecule has 0 atom stereocenters. The summed E-state index contributed by atoms with van der Waals surface area (Å²) in [6.45, 7) is 0.271. The Morgan fingerprint density at radius 2 is 1.80 bits per heavy atom. The Morgan fingerprint density at radius 3 is 2.55 bits per heavy atom. The molecule has 3 N–H and O–H groups in total. The predicted molar refractivity (Wildman–Crippen MR) is 85.9 cm³/mol. The lowest BCUT2D eigenvalue weighted by Crippen LogP contribution is -2.10. The topological polar surface area (TPSA) is 56.5 Å². The van der Waals surface area contributed by atoms with Crippen molar-refractivity contribution in [1.29, 1.82) is 0 Å². The summed E-state index contributed by atoms with van der Waals surface area (Å²) in [6.07, 6.45) is 0. The first kappa shape index (κ1) is 13.2. The highest BCUT2D eigenvalue weighted by Gasteiger charge is 2.13. The van der Waals surface area contributed by atoms with Crippen molar-refractivity contribution < 1.29 is 9.47 Å². The van der Waals surface area contributed by atoms with Crippen LogP contribution in [0.2, 0.25) is 0 Å². The van der Waals surface area contributed by atoms with E-state index >= 15 is 0 Å². The van der Waals surface area contributed by atoms with Crippen LogP contribution in [-0.2, 0) is 0 Å². The van der Waals surface area contributed by atoms with E-state index in [0.29, 0.717) is 4.99 Å². The zero-order valence-corrected chi connectivity index (χ0v) is 12.8. The van der Waals surface area contributed by atoms with Crippen molar-refractivity contribution in [2.45, 2.75) is 0 Å². The maximum atomic E-state index is 5.63. The Labute approximate surface area is 130 Å². The SMILES string of the molecule is NC(=S)c1ccc(Nc2ccc3c(c2)OCO3)cc1Br. The first-order valence-corrected chi connectivity index (χ1v) is 7.09. The fourth-order valence-electron chi connectivity index (χ4n) is 1.93. The molecule has 1 heterocycles. The minimum Gasteiger partial charge on any atom is -0.454 e. The summed E-state index contributed by atoms with van der Waals surface area (Å²) in [4.78, 5) is 0.367. The van der Waals surface area contributed by atoms with E-state index in [0.717, 1.165) is 32.9 Å². The van der Waals surface area contributed by atoms with Crippen LogP contribution in [0.5, 0.6) is 11.5 Å². The number of rotatable bonds is 3. The molecule has 1 aliphatic rings. The van der Waals surface area contributed by atoms with Crippen molar-refractivity contribution in [3.63, 3.8) is 0 Å². The first-order valence-electron chi connectivity index (χ1n) is 5.89. The third-order valence-electron chi connectivity index (χ3n) is 2.90.